The summed E-state index contributed by atoms with van der Waals surface area (Å²) < 4.78 is 33.3. The number of pyridine rings is 1. The van der Waals surface area contributed by atoms with Crippen LogP contribution in [-0.4, -0.2) is 62.1 Å². The van der Waals surface area contributed by atoms with Crippen LogP contribution in [0.4, 0.5) is 0 Å². The fourth-order valence-electron chi connectivity index (χ4n) is 4.12. The average Bonchev–Trinajstić information content (AvgIpc) is 2.99. The molecule has 0 saturated carbocycles. The first-order chi connectivity index (χ1) is 20.5. The SMILES string of the molecule is COC(=O)Cc1ccc(CS(=O)(=O)NC(Cc2ccccn2)C(=O)N[C@@H](CO)C(=O)NCc2cc(Cl)ccc2CN)cc1. The van der Waals surface area contributed by atoms with E-state index in [1.54, 1.807) is 60.7 Å². The largest absolute Gasteiger partial charge is 0.469 e. The van der Waals surface area contributed by atoms with Gasteiger partial charge >= 0.3 is 5.97 Å². The molecule has 2 atom stereocenters. The van der Waals surface area contributed by atoms with Crippen molar-refractivity contribution in [2.24, 2.45) is 5.73 Å². The monoisotopic (exact) mass is 631 g/mol. The van der Waals surface area contributed by atoms with Gasteiger partial charge in [0.05, 0.1) is 25.9 Å². The fourth-order valence-corrected chi connectivity index (χ4v) is 5.65. The van der Waals surface area contributed by atoms with Crippen molar-refractivity contribution in [3.05, 3.63) is 99.8 Å². The number of esters is 1. The molecule has 1 aromatic heterocycles. The number of nitrogens with two attached hydrogens (primary N) is 1. The summed E-state index contributed by atoms with van der Waals surface area (Å²) in [5.41, 5.74) is 8.68. The quantitative estimate of drug-likeness (QED) is 0.151. The van der Waals surface area contributed by atoms with Crippen molar-refractivity contribution in [3.8, 4) is 0 Å². The average molecular weight is 632 g/mol. The van der Waals surface area contributed by atoms with E-state index < -0.39 is 52.3 Å². The molecule has 0 spiro atoms. The molecule has 12 nitrogen and oxygen atoms in total. The van der Waals surface area contributed by atoms with E-state index in [2.05, 4.69) is 25.1 Å². The van der Waals surface area contributed by atoms with Gasteiger partial charge in [0, 0.05) is 36.4 Å². The molecule has 230 valence electrons. The van der Waals surface area contributed by atoms with Crippen LogP contribution in [0.25, 0.3) is 0 Å². The molecule has 0 radical (unpaired) electrons. The minimum Gasteiger partial charge on any atom is -0.469 e. The highest BCUT2D eigenvalue weighted by molar-refractivity contribution is 7.88. The molecule has 3 aromatic rings. The molecule has 0 aliphatic heterocycles. The zero-order valence-electron chi connectivity index (χ0n) is 23.5. The molecule has 0 fully saturated rings. The Morgan fingerprint density at radius 3 is 2.35 bits per heavy atom. The van der Waals surface area contributed by atoms with Crippen molar-refractivity contribution in [2.45, 2.75) is 43.8 Å². The zero-order valence-corrected chi connectivity index (χ0v) is 25.0. The van der Waals surface area contributed by atoms with E-state index in [0.717, 1.165) is 5.56 Å². The van der Waals surface area contributed by atoms with Crippen LogP contribution in [0.1, 0.15) is 27.9 Å². The fraction of sp³-hybridized carbons (Fsp3) is 0.310. The maximum Gasteiger partial charge on any atom is 0.309 e. The van der Waals surface area contributed by atoms with Gasteiger partial charge in [0.25, 0.3) is 0 Å². The Morgan fingerprint density at radius 1 is 1.00 bits per heavy atom. The Morgan fingerprint density at radius 2 is 1.72 bits per heavy atom. The smallest absolute Gasteiger partial charge is 0.309 e. The number of nitrogens with one attached hydrogen (secondary N) is 3. The van der Waals surface area contributed by atoms with Gasteiger partial charge in [-0.15, -0.1) is 0 Å². The van der Waals surface area contributed by atoms with Crippen molar-refractivity contribution < 1.29 is 32.6 Å². The van der Waals surface area contributed by atoms with Crippen molar-refractivity contribution >= 4 is 39.4 Å². The molecule has 0 bridgehead atoms. The van der Waals surface area contributed by atoms with Gasteiger partial charge < -0.3 is 26.2 Å². The van der Waals surface area contributed by atoms with Crippen LogP contribution in [0.15, 0.2) is 66.9 Å². The minimum absolute atomic E-state index is 0.0424. The molecule has 2 amide bonds. The zero-order chi connectivity index (χ0) is 31.4. The first-order valence-electron chi connectivity index (χ1n) is 13.2. The lowest BCUT2D eigenvalue weighted by Gasteiger charge is -2.22. The van der Waals surface area contributed by atoms with Crippen molar-refractivity contribution in [3.63, 3.8) is 0 Å². The number of sulfonamides is 1. The highest BCUT2D eigenvalue weighted by Gasteiger charge is 2.29. The van der Waals surface area contributed by atoms with Gasteiger partial charge in [-0.3, -0.25) is 19.4 Å². The van der Waals surface area contributed by atoms with Gasteiger partial charge in [0.1, 0.15) is 12.1 Å². The first-order valence-corrected chi connectivity index (χ1v) is 15.3. The molecule has 2 aromatic carbocycles. The van der Waals surface area contributed by atoms with E-state index >= 15 is 0 Å². The maximum absolute atomic E-state index is 13.3. The van der Waals surface area contributed by atoms with E-state index in [4.69, 9.17) is 17.3 Å². The van der Waals surface area contributed by atoms with Crippen LogP contribution in [0.3, 0.4) is 0 Å². The number of hydrogen-bond donors (Lipinski definition) is 5. The molecular weight excluding hydrogens is 598 g/mol. The number of amides is 2. The lowest BCUT2D eigenvalue weighted by Crippen LogP contribution is -2.55. The molecule has 3 rings (SSSR count). The highest BCUT2D eigenvalue weighted by Crippen LogP contribution is 2.16. The van der Waals surface area contributed by atoms with Crippen molar-refractivity contribution in [1.29, 1.82) is 0 Å². The van der Waals surface area contributed by atoms with Crippen LogP contribution in [-0.2, 0) is 60.8 Å². The Balaban J connectivity index is 1.71. The summed E-state index contributed by atoms with van der Waals surface area (Å²) in [6.07, 6.45) is 1.43. The molecule has 0 saturated heterocycles. The van der Waals surface area contributed by atoms with Crippen LogP contribution in [0, 0.1) is 0 Å². The van der Waals surface area contributed by atoms with Gasteiger partial charge in [0.15, 0.2) is 0 Å². The Labute approximate surface area is 255 Å². The number of nitrogens with zero attached hydrogens (tertiary/aromatic N) is 1. The lowest BCUT2D eigenvalue weighted by molar-refractivity contribution is -0.139. The second kappa shape index (κ2) is 16.1. The number of aliphatic hydroxyl groups excluding tert-OH is 1. The van der Waals surface area contributed by atoms with E-state index in [1.165, 1.54) is 13.3 Å². The Kier molecular flexibility index (Phi) is 12.6. The number of ether oxygens (including phenoxy) is 1. The Hall–Kier alpha value is -3.88. The summed E-state index contributed by atoms with van der Waals surface area (Å²) in [4.78, 5) is 41.8. The minimum atomic E-state index is -4.08. The topological polar surface area (TPSA) is 190 Å². The molecule has 43 heavy (non-hydrogen) atoms. The Bertz CT molecular complexity index is 1510. The first kappa shape index (κ1) is 33.6. The summed E-state index contributed by atoms with van der Waals surface area (Å²) in [7, 11) is -2.80. The normalized spacial score (nSPS) is 12.7. The van der Waals surface area contributed by atoms with E-state index in [0.29, 0.717) is 27.4 Å². The van der Waals surface area contributed by atoms with Gasteiger partial charge in [-0.25, -0.2) is 13.1 Å². The van der Waals surface area contributed by atoms with E-state index in [-0.39, 0.29) is 25.9 Å². The van der Waals surface area contributed by atoms with Crippen LogP contribution >= 0.6 is 11.6 Å². The third kappa shape index (κ3) is 10.7. The number of aromatic nitrogens is 1. The summed E-state index contributed by atoms with van der Waals surface area (Å²) >= 11 is 6.05. The predicted octanol–water partition coefficient (Wildman–Crippen LogP) is 0.733. The second-order valence-electron chi connectivity index (χ2n) is 9.60. The third-order valence-electron chi connectivity index (χ3n) is 6.39. The number of carbonyl (C=O) groups is 3. The van der Waals surface area contributed by atoms with Gasteiger partial charge in [0.2, 0.25) is 21.8 Å². The number of methoxy groups -OCH3 is 1. The van der Waals surface area contributed by atoms with Crippen molar-refractivity contribution in [2.75, 3.05) is 13.7 Å². The van der Waals surface area contributed by atoms with Gasteiger partial charge in [-0.05, 0) is 46.5 Å². The molecular formula is C29H34ClN5O7S. The predicted molar refractivity (Wildman–Crippen MR) is 160 cm³/mol. The molecule has 1 heterocycles. The van der Waals surface area contributed by atoms with Crippen LogP contribution in [0.5, 0.6) is 0 Å². The second-order valence-corrected chi connectivity index (χ2v) is 11.8. The van der Waals surface area contributed by atoms with E-state index in [1.807, 2.05) is 0 Å². The number of aliphatic hydroxyl groups is 1. The molecule has 1 unspecified atom stereocenters. The van der Waals surface area contributed by atoms with E-state index in [9.17, 15) is 27.9 Å². The number of halogens is 1. The molecule has 0 aliphatic rings. The van der Waals surface area contributed by atoms with Crippen molar-refractivity contribution in [1.82, 2.24) is 20.3 Å². The summed E-state index contributed by atoms with van der Waals surface area (Å²) in [5.74, 6) is -2.40. The third-order valence-corrected chi connectivity index (χ3v) is 7.98. The number of hydrogen-bond acceptors (Lipinski definition) is 9. The lowest BCUT2D eigenvalue weighted by atomic mass is 10.1. The molecule has 6 N–H and O–H groups in total. The molecule has 0 aliphatic carbocycles. The number of rotatable bonds is 15. The summed E-state index contributed by atoms with van der Waals surface area (Å²) in [6, 6.07) is 13.7. The molecule has 14 heteroatoms. The number of benzene rings is 2. The summed E-state index contributed by atoms with van der Waals surface area (Å²) in [5, 5.41) is 15.4. The van der Waals surface area contributed by atoms with Gasteiger partial charge in [-0.2, -0.15) is 0 Å². The summed E-state index contributed by atoms with van der Waals surface area (Å²) in [6.45, 7) is -0.478. The maximum atomic E-state index is 13.3. The van der Waals surface area contributed by atoms with Crippen LogP contribution in [0.2, 0.25) is 5.02 Å². The van der Waals surface area contributed by atoms with Crippen LogP contribution < -0.4 is 21.1 Å². The highest BCUT2D eigenvalue weighted by atomic mass is 35.5. The number of carbonyl (C=O) groups excluding carboxylic acids is 3. The van der Waals surface area contributed by atoms with Gasteiger partial charge in [-0.1, -0.05) is 48.0 Å². The standard InChI is InChI=1S/C29H34ClN5O7S/c1-42-27(37)12-19-5-7-20(8-6-19)18-43(40,41)35-25(14-24-4-2-3-11-32-24)29(39)34-26(17-36)28(38)33-16-22-13-23(30)10-9-21(22)15-31/h2-11,13,25-26,35-36H,12,14-18,31H2,1H3,(H,33,38)(H,34,39)/t25?,26-/m0/s1.